The molecule has 0 aliphatic carbocycles. The fourth-order valence-corrected chi connectivity index (χ4v) is 4.60. The highest BCUT2D eigenvalue weighted by molar-refractivity contribution is 7.99. The Labute approximate surface area is 161 Å². The molecule has 5 heteroatoms. The van der Waals surface area contributed by atoms with E-state index in [2.05, 4.69) is 39.0 Å². The van der Waals surface area contributed by atoms with E-state index in [-0.39, 0.29) is 17.2 Å². The van der Waals surface area contributed by atoms with Gasteiger partial charge in [0.05, 0.1) is 6.42 Å². The van der Waals surface area contributed by atoms with Crippen LogP contribution < -0.4 is 0 Å². The zero-order valence-electron chi connectivity index (χ0n) is 16.2. The molecule has 1 fully saturated rings. The Bertz CT molecular complexity index is 673. The quantitative estimate of drug-likeness (QED) is 0.814. The van der Waals surface area contributed by atoms with Gasteiger partial charge in [-0.1, -0.05) is 32.9 Å². The molecule has 26 heavy (non-hydrogen) atoms. The summed E-state index contributed by atoms with van der Waals surface area (Å²) >= 11 is 1.92. The molecule has 3 rings (SSSR count). The topological polar surface area (TPSA) is 40.6 Å². The van der Waals surface area contributed by atoms with Gasteiger partial charge < -0.3 is 9.80 Å². The normalized spacial score (nSPS) is 17.8. The van der Waals surface area contributed by atoms with E-state index in [1.165, 1.54) is 22.6 Å². The lowest BCUT2D eigenvalue weighted by molar-refractivity contribution is -0.140. The summed E-state index contributed by atoms with van der Waals surface area (Å²) in [5.41, 5.74) is 2.51. The van der Waals surface area contributed by atoms with Crippen LogP contribution in [0.2, 0.25) is 0 Å². The Hall–Kier alpha value is -1.49. The minimum absolute atomic E-state index is 0.00870. The second-order valence-corrected chi connectivity index (χ2v) is 9.71. The van der Waals surface area contributed by atoms with E-state index in [0.29, 0.717) is 39.0 Å². The molecule has 0 bridgehead atoms. The SMILES string of the molecule is CC(C)(C)CC(=O)N1CCN(C(=O)Cc2ccc3c(c2)CCCS3)CC1. The lowest BCUT2D eigenvalue weighted by Crippen LogP contribution is -2.51. The van der Waals surface area contributed by atoms with Gasteiger partial charge in [0.25, 0.3) is 0 Å². The average molecular weight is 375 g/mol. The van der Waals surface area contributed by atoms with E-state index in [0.717, 1.165) is 12.0 Å². The summed E-state index contributed by atoms with van der Waals surface area (Å²) in [7, 11) is 0. The van der Waals surface area contributed by atoms with E-state index in [9.17, 15) is 9.59 Å². The van der Waals surface area contributed by atoms with Gasteiger partial charge in [-0.2, -0.15) is 0 Å². The first-order chi connectivity index (χ1) is 12.3. The average Bonchev–Trinajstić information content (AvgIpc) is 2.60. The summed E-state index contributed by atoms with van der Waals surface area (Å²) in [5.74, 6) is 1.58. The molecular formula is C21H30N2O2S. The zero-order valence-corrected chi connectivity index (χ0v) is 17.0. The first kappa shape index (κ1) is 19.3. The molecule has 2 amide bonds. The van der Waals surface area contributed by atoms with E-state index in [1.54, 1.807) is 0 Å². The van der Waals surface area contributed by atoms with Gasteiger partial charge in [-0.15, -0.1) is 11.8 Å². The molecule has 0 saturated carbocycles. The van der Waals surface area contributed by atoms with Gasteiger partial charge in [-0.25, -0.2) is 0 Å². The fraction of sp³-hybridized carbons (Fsp3) is 0.619. The zero-order chi connectivity index (χ0) is 18.7. The van der Waals surface area contributed by atoms with Crippen LogP contribution in [0.15, 0.2) is 23.1 Å². The number of rotatable bonds is 3. The van der Waals surface area contributed by atoms with Crippen molar-refractivity contribution in [3.63, 3.8) is 0 Å². The summed E-state index contributed by atoms with van der Waals surface area (Å²) in [6.45, 7) is 8.86. The molecule has 0 aromatic heterocycles. The van der Waals surface area contributed by atoms with Gasteiger partial charge >= 0.3 is 0 Å². The van der Waals surface area contributed by atoms with Crippen LogP contribution in [0.4, 0.5) is 0 Å². The number of aryl methyl sites for hydroxylation is 1. The van der Waals surface area contributed by atoms with E-state index in [4.69, 9.17) is 0 Å². The van der Waals surface area contributed by atoms with Gasteiger partial charge in [0.2, 0.25) is 11.8 Å². The summed E-state index contributed by atoms with van der Waals surface area (Å²) in [6, 6.07) is 6.48. The number of thioether (sulfide) groups is 1. The van der Waals surface area contributed by atoms with Crippen molar-refractivity contribution < 1.29 is 9.59 Å². The Morgan fingerprint density at radius 2 is 1.69 bits per heavy atom. The van der Waals surface area contributed by atoms with Crippen molar-refractivity contribution in [2.45, 2.75) is 51.3 Å². The minimum Gasteiger partial charge on any atom is -0.339 e. The second kappa shape index (κ2) is 8.03. The van der Waals surface area contributed by atoms with E-state index in [1.807, 2.05) is 21.6 Å². The maximum atomic E-state index is 12.7. The molecule has 2 aliphatic heterocycles. The van der Waals surface area contributed by atoms with Crippen LogP contribution in [0.5, 0.6) is 0 Å². The third kappa shape index (κ3) is 5.03. The van der Waals surface area contributed by atoms with Crippen LogP contribution in [0, 0.1) is 5.41 Å². The molecule has 0 radical (unpaired) electrons. The highest BCUT2D eigenvalue weighted by atomic mass is 32.2. The van der Waals surface area contributed by atoms with Gasteiger partial charge in [0, 0.05) is 37.5 Å². The van der Waals surface area contributed by atoms with E-state index >= 15 is 0 Å². The first-order valence-corrected chi connectivity index (χ1v) is 10.6. The van der Waals surface area contributed by atoms with Crippen molar-refractivity contribution in [2.75, 3.05) is 31.9 Å². The van der Waals surface area contributed by atoms with Gasteiger partial charge in [0.15, 0.2) is 0 Å². The molecule has 0 spiro atoms. The summed E-state index contributed by atoms with van der Waals surface area (Å²) in [6.07, 6.45) is 3.38. The third-order valence-corrected chi connectivity index (χ3v) is 6.20. The van der Waals surface area contributed by atoms with Gasteiger partial charge in [-0.3, -0.25) is 9.59 Å². The molecule has 1 aromatic rings. The lowest BCUT2D eigenvalue weighted by atomic mass is 9.91. The second-order valence-electron chi connectivity index (χ2n) is 8.57. The van der Waals surface area contributed by atoms with Crippen molar-refractivity contribution in [2.24, 2.45) is 5.41 Å². The molecule has 1 aromatic carbocycles. The number of fused-ring (bicyclic) bond motifs is 1. The lowest BCUT2D eigenvalue weighted by Gasteiger charge is -2.36. The highest BCUT2D eigenvalue weighted by Crippen LogP contribution is 2.30. The molecule has 2 heterocycles. The van der Waals surface area contributed by atoms with Crippen molar-refractivity contribution in [3.8, 4) is 0 Å². The Morgan fingerprint density at radius 3 is 2.35 bits per heavy atom. The monoisotopic (exact) mass is 374 g/mol. The molecular weight excluding hydrogens is 344 g/mol. The van der Waals surface area contributed by atoms with Gasteiger partial charge in [-0.05, 0) is 41.2 Å². The maximum Gasteiger partial charge on any atom is 0.227 e. The highest BCUT2D eigenvalue weighted by Gasteiger charge is 2.26. The molecule has 2 aliphatic rings. The summed E-state index contributed by atoms with van der Waals surface area (Å²) < 4.78 is 0. The van der Waals surface area contributed by atoms with Gasteiger partial charge in [0.1, 0.15) is 0 Å². The Morgan fingerprint density at radius 1 is 1.04 bits per heavy atom. The van der Waals surface area contributed by atoms with E-state index < -0.39 is 0 Å². The van der Waals surface area contributed by atoms with Crippen molar-refractivity contribution >= 4 is 23.6 Å². The molecule has 0 unspecified atom stereocenters. The molecule has 0 atom stereocenters. The number of piperazine rings is 1. The van der Waals surface area contributed by atoms with Crippen LogP contribution in [-0.2, 0) is 22.4 Å². The number of carbonyl (C=O) groups is 2. The van der Waals surface area contributed by atoms with Crippen LogP contribution in [0.3, 0.4) is 0 Å². The molecule has 1 saturated heterocycles. The first-order valence-electron chi connectivity index (χ1n) is 9.62. The van der Waals surface area contributed by atoms with Crippen molar-refractivity contribution in [1.82, 2.24) is 9.80 Å². The van der Waals surface area contributed by atoms with Crippen LogP contribution in [-0.4, -0.2) is 53.5 Å². The van der Waals surface area contributed by atoms with Crippen LogP contribution in [0.1, 0.15) is 44.7 Å². The predicted octanol–water partition coefficient (Wildman–Crippen LogP) is 3.37. The number of carbonyl (C=O) groups excluding carboxylic acids is 2. The third-order valence-electron chi connectivity index (χ3n) is 4.99. The molecule has 142 valence electrons. The molecule has 4 nitrogen and oxygen atoms in total. The van der Waals surface area contributed by atoms with Crippen molar-refractivity contribution in [3.05, 3.63) is 29.3 Å². The summed E-state index contributed by atoms with van der Waals surface area (Å²) in [5, 5.41) is 0. The largest absolute Gasteiger partial charge is 0.339 e. The number of amides is 2. The number of benzene rings is 1. The maximum absolute atomic E-state index is 12.7. The van der Waals surface area contributed by atoms with Crippen LogP contribution >= 0.6 is 11.8 Å². The smallest absolute Gasteiger partial charge is 0.227 e. The Kier molecular flexibility index (Phi) is 5.96. The standard InChI is InChI=1S/C21H30N2O2S/c1-21(2,3)15-20(25)23-10-8-22(9-11-23)19(24)14-16-6-7-18-17(13-16)5-4-12-26-18/h6-7,13H,4-5,8-12,14-15H2,1-3H3. The summed E-state index contributed by atoms with van der Waals surface area (Å²) in [4.78, 5) is 30.2. The number of nitrogens with zero attached hydrogens (tertiary/aromatic N) is 2. The predicted molar refractivity (Wildman–Crippen MR) is 106 cm³/mol. The van der Waals surface area contributed by atoms with Crippen molar-refractivity contribution in [1.29, 1.82) is 0 Å². The Balaban J connectivity index is 1.52. The fourth-order valence-electron chi connectivity index (χ4n) is 3.58. The minimum atomic E-state index is 0.00870. The number of hydrogen-bond donors (Lipinski definition) is 0. The molecule has 0 N–H and O–H groups in total. The number of hydrogen-bond acceptors (Lipinski definition) is 3. The van der Waals surface area contributed by atoms with Crippen LogP contribution in [0.25, 0.3) is 0 Å².